The number of amides is 2. The third-order valence-electron chi connectivity index (χ3n) is 3.83. The van der Waals surface area contributed by atoms with Crippen molar-refractivity contribution in [1.82, 2.24) is 9.80 Å². The molecule has 2 amide bonds. The van der Waals surface area contributed by atoms with Crippen molar-refractivity contribution in [2.45, 2.75) is 12.4 Å². The van der Waals surface area contributed by atoms with Gasteiger partial charge in [0.1, 0.15) is 0 Å². The van der Waals surface area contributed by atoms with Crippen molar-refractivity contribution in [3.8, 4) is 0 Å². The largest absolute Gasteiger partial charge is 0.416 e. The van der Waals surface area contributed by atoms with Crippen molar-refractivity contribution < 1.29 is 35.9 Å². The summed E-state index contributed by atoms with van der Waals surface area (Å²) in [4.78, 5) is 27.1. The van der Waals surface area contributed by atoms with Gasteiger partial charge >= 0.3 is 24.2 Å². The van der Waals surface area contributed by atoms with Crippen LogP contribution in [0.15, 0.2) is 18.2 Å². The number of anilines is 1. The fraction of sp³-hybridized carbons (Fsp3) is 0.467. The number of alkyl halides is 6. The van der Waals surface area contributed by atoms with E-state index in [1.54, 1.807) is 0 Å². The summed E-state index contributed by atoms with van der Waals surface area (Å²) >= 11 is 0. The highest BCUT2D eigenvalue weighted by molar-refractivity contribution is 6.39. The van der Waals surface area contributed by atoms with E-state index in [1.807, 2.05) is 17.3 Å². The summed E-state index contributed by atoms with van der Waals surface area (Å²) in [6, 6.07) is 0.646. The molecule has 144 valence electrons. The number of piperazine rings is 1. The predicted molar refractivity (Wildman–Crippen MR) is 79.2 cm³/mol. The van der Waals surface area contributed by atoms with Crippen molar-refractivity contribution >= 4 is 17.5 Å². The first-order valence-electron chi connectivity index (χ1n) is 7.46. The average Bonchev–Trinajstić information content (AvgIpc) is 2.53. The number of carbonyl (C=O) groups excluding carboxylic acids is 2. The van der Waals surface area contributed by atoms with E-state index >= 15 is 0 Å². The van der Waals surface area contributed by atoms with E-state index in [-0.39, 0.29) is 19.2 Å². The number of carbonyl (C=O) groups is 2. The Morgan fingerprint density at radius 3 is 1.77 bits per heavy atom. The molecule has 1 heterocycles. The van der Waals surface area contributed by atoms with Crippen LogP contribution in [0.2, 0.25) is 0 Å². The summed E-state index contributed by atoms with van der Waals surface area (Å²) in [5, 5.41) is 1.83. The Morgan fingerprint density at radius 1 is 0.885 bits per heavy atom. The number of likely N-dealkylation sites (N-methyl/N-ethyl adjacent to an activating group) is 1. The fourth-order valence-corrected chi connectivity index (χ4v) is 2.36. The highest BCUT2D eigenvalue weighted by Crippen LogP contribution is 2.37. The summed E-state index contributed by atoms with van der Waals surface area (Å²) < 4.78 is 76.8. The molecule has 1 aliphatic heterocycles. The lowest BCUT2D eigenvalue weighted by atomic mass is 10.1. The number of nitrogens with zero attached hydrogens (tertiary/aromatic N) is 2. The maximum absolute atomic E-state index is 12.8. The van der Waals surface area contributed by atoms with Gasteiger partial charge in [0.15, 0.2) is 0 Å². The van der Waals surface area contributed by atoms with Gasteiger partial charge in [0.2, 0.25) is 0 Å². The summed E-state index contributed by atoms with van der Waals surface area (Å²) in [5.41, 5.74) is -3.90. The minimum Gasteiger partial charge on any atom is -0.332 e. The Bertz CT molecular complexity index is 661. The van der Waals surface area contributed by atoms with Crippen LogP contribution in [0.5, 0.6) is 0 Å². The van der Waals surface area contributed by atoms with Gasteiger partial charge in [-0.25, -0.2) is 0 Å². The van der Waals surface area contributed by atoms with Crippen LogP contribution in [0.3, 0.4) is 0 Å². The van der Waals surface area contributed by atoms with Gasteiger partial charge in [-0.3, -0.25) is 9.59 Å². The lowest BCUT2D eigenvalue weighted by Crippen LogP contribution is -2.50. The predicted octanol–water partition coefficient (Wildman–Crippen LogP) is 2.44. The molecular weight excluding hydrogens is 368 g/mol. The molecule has 0 aromatic heterocycles. The molecule has 11 heteroatoms. The van der Waals surface area contributed by atoms with Crippen molar-refractivity contribution in [2.75, 3.05) is 38.5 Å². The molecule has 26 heavy (non-hydrogen) atoms. The number of benzene rings is 1. The van der Waals surface area contributed by atoms with Crippen LogP contribution in [-0.2, 0) is 21.9 Å². The van der Waals surface area contributed by atoms with Crippen molar-refractivity contribution in [1.29, 1.82) is 0 Å². The molecule has 0 saturated carbocycles. The monoisotopic (exact) mass is 383 g/mol. The molecule has 1 aromatic rings. The summed E-state index contributed by atoms with van der Waals surface area (Å²) in [7, 11) is 1.81. The quantitative estimate of drug-likeness (QED) is 0.599. The van der Waals surface area contributed by atoms with Gasteiger partial charge in [-0.1, -0.05) is 0 Å². The third-order valence-corrected chi connectivity index (χ3v) is 3.83. The maximum Gasteiger partial charge on any atom is 0.416 e. The molecule has 1 saturated heterocycles. The Balaban J connectivity index is 2.22. The summed E-state index contributed by atoms with van der Waals surface area (Å²) in [6.45, 7) is 1.47. The highest BCUT2D eigenvalue weighted by Gasteiger charge is 2.37. The van der Waals surface area contributed by atoms with Crippen LogP contribution in [0.4, 0.5) is 32.0 Å². The van der Waals surface area contributed by atoms with E-state index in [2.05, 4.69) is 0 Å². The van der Waals surface area contributed by atoms with Crippen LogP contribution in [0.1, 0.15) is 11.1 Å². The van der Waals surface area contributed by atoms with E-state index in [4.69, 9.17) is 0 Å². The van der Waals surface area contributed by atoms with E-state index in [9.17, 15) is 35.9 Å². The lowest BCUT2D eigenvalue weighted by Gasteiger charge is -2.31. The zero-order chi connectivity index (χ0) is 19.7. The summed E-state index contributed by atoms with van der Waals surface area (Å²) in [6.07, 6.45) is -10.1. The molecule has 0 aliphatic carbocycles. The lowest BCUT2D eigenvalue weighted by molar-refractivity contribution is -0.144. The van der Waals surface area contributed by atoms with Gasteiger partial charge in [-0.2, -0.15) is 26.3 Å². The van der Waals surface area contributed by atoms with Crippen LogP contribution >= 0.6 is 0 Å². The van der Waals surface area contributed by atoms with Crippen LogP contribution in [0, 0.1) is 0 Å². The normalized spacial score (nSPS) is 16.5. The minimum atomic E-state index is -5.04. The SMILES string of the molecule is CN1CCN(C(=O)C(=O)Nc2cc(C(F)(F)F)cc(C(F)(F)F)c2)CC1. The Kier molecular flexibility index (Phi) is 5.49. The molecule has 1 fully saturated rings. The second kappa shape index (κ2) is 7.14. The molecule has 1 aliphatic rings. The van der Waals surface area contributed by atoms with Crippen LogP contribution < -0.4 is 5.32 Å². The standard InChI is InChI=1S/C15H15F6N3O2/c1-23-2-4-24(5-3-23)13(26)12(25)22-11-7-9(14(16,17)18)6-10(8-11)15(19,20)21/h6-8H,2-5H2,1H3,(H,22,25). The minimum absolute atomic E-state index is 0.0576. The fourth-order valence-electron chi connectivity index (χ4n) is 2.36. The molecule has 2 rings (SSSR count). The van der Waals surface area contributed by atoms with Gasteiger partial charge in [-0.15, -0.1) is 0 Å². The second-order valence-corrected chi connectivity index (χ2v) is 5.84. The molecule has 0 bridgehead atoms. The Morgan fingerprint density at radius 2 is 1.35 bits per heavy atom. The number of halogens is 6. The topological polar surface area (TPSA) is 52.7 Å². The van der Waals surface area contributed by atoms with E-state index in [0.29, 0.717) is 25.2 Å². The molecule has 0 radical (unpaired) electrons. The van der Waals surface area contributed by atoms with Crippen LogP contribution in [-0.4, -0.2) is 54.8 Å². The molecule has 0 unspecified atom stereocenters. The number of rotatable bonds is 1. The van der Waals surface area contributed by atoms with Crippen molar-refractivity contribution in [3.63, 3.8) is 0 Å². The number of hydrogen-bond donors (Lipinski definition) is 1. The third kappa shape index (κ3) is 4.87. The van der Waals surface area contributed by atoms with Gasteiger partial charge < -0.3 is 15.1 Å². The molecule has 0 atom stereocenters. The molecule has 0 spiro atoms. The molecule has 1 aromatic carbocycles. The van der Waals surface area contributed by atoms with Gasteiger partial charge in [0, 0.05) is 31.9 Å². The molecule has 1 N–H and O–H groups in total. The van der Waals surface area contributed by atoms with E-state index < -0.39 is 41.0 Å². The van der Waals surface area contributed by atoms with Crippen LogP contribution in [0.25, 0.3) is 0 Å². The highest BCUT2D eigenvalue weighted by atomic mass is 19.4. The van der Waals surface area contributed by atoms with Crippen molar-refractivity contribution in [3.05, 3.63) is 29.3 Å². The van der Waals surface area contributed by atoms with E-state index in [1.165, 1.54) is 4.90 Å². The van der Waals surface area contributed by atoms with E-state index in [0.717, 1.165) is 0 Å². The zero-order valence-electron chi connectivity index (χ0n) is 13.5. The Hall–Kier alpha value is -2.30. The van der Waals surface area contributed by atoms with Gasteiger partial charge in [0.05, 0.1) is 11.1 Å². The smallest absolute Gasteiger partial charge is 0.332 e. The molecular formula is C15H15F6N3O2. The van der Waals surface area contributed by atoms with Gasteiger partial charge in [0.25, 0.3) is 0 Å². The Labute approximate surface area is 144 Å². The number of hydrogen-bond acceptors (Lipinski definition) is 3. The molecule has 5 nitrogen and oxygen atoms in total. The summed E-state index contributed by atoms with van der Waals surface area (Å²) in [5.74, 6) is -2.30. The zero-order valence-corrected chi connectivity index (χ0v) is 13.5. The first-order chi connectivity index (χ1) is 11.9. The number of nitrogens with one attached hydrogen (secondary N) is 1. The first-order valence-corrected chi connectivity index (χ1v) is 7.46. The second-order valence-electron chi connectivity index (χ2n) is 5.84. The maximum atomic E-state index is 12.8. The van der Waals surface area contributed by atoms with Crippen molar-refractivity contribution in [2.24, 2.45) is 0 Å². The average molecular weight is 383 g/mol. The first kappa shape index (κ1) is 20.0. The van der Waals surface area contributed by atoms with Gasteiger partial charge in [-0.05, 0) is 25.2 Å².